The second-order valence-electron chi connectivity index (χ2n) is 3.55. The van der Waals surface area contributed by atoms with Gasteiger partial charge in [0, 0.05) is 20.0 Å². The number of nitrogens with zero attached hydrogens (tertiary/aromatic N) is 2. The van der Waals surface area contributed by atoms with Crippen LogP contribution >= 0.6 is 0 Å². The van der Waals surface area contributed by atoms with Crippen LogP contribution in [0.4, 0.5) is 19.0 Å². The van der Waals surface area contributed by atoms with Gasteiger partial charge in [0.2, 0.25) is 5.91 Å². The molecule has 0 atom stereocenters. The topological polar surface area (TPSA) is 77.8 Å². The molecule has 0 aliphatic heterocycles. The van der Waals surface area contributed by atoms with Crippen LogP contribution in [-0.4, -0.2) is 24.5 Å². The Morgan fingerprint density at radius 1 is 1.47 bits per heavy atom. The van der Waals surface area contributed by atoms with E-state index in [1.807, 2.05) is 0 Å². The van der Waals surface area contributed by atoms with E-state index in [2.05, 4.69) is 15.6 Å². The summed E-state index contributed by atoms with van der Waals surface area (Å²) in [6.07, 6.45) is -4.51. The first kappa shape index (κ1) is 14.8. The van der Waals surface area contributed by atoms with Crippen molar-refractivity contribution in [2.24, 2.45) is 0 Å². The van der Waals surface area contributed by atoms with Crippen molar-refractivity contribution < 1.29 is 18.0 Å². The van der Waals surface area contributed by atoms with Crippen molar-refractivity contribution in [3.8, 4) is 6.07 Å². The van der Waals surface area contributed by atoms with Crippen LogP contribution in [0.3, 0.4) is 0 Å². The monoisotopic (exact) mass is 272 g/mol. The molecule has 1 amide bonds. The number of carbonyl (C=O) groups excluding carboxylic acids is 1. The predicted molar refractivity (Wildman–Crippen MR) is 61.1 cm³/mol. The maximum atomic E-state index is 12.5. The van der Waals surface area contributed by atoms with Gasteiger partial charge in [-0.1, -0.05) is 0 Å². The molecule has 0 saturated heterocycles. The van der Waals surface area contributed by atoms with Gasteiger partial charge in [0.25, 0.3) is 0 Å². The third kappa shape index (κ3) is 4.13. The quantitative estimate of drug-likeness (QED) is 0.871. The van der Waals surface area contributed by atoms with Crippen LogP contribution in [0.15, 0.2) is 12.1 Å². The molecule has 0 aromatic carbocycles. The van der Waals surface area contributed by atoms with Gasteiger partial charge in [0.15, 0.2) is 0 Å². The van der Waals surface area contributed by atoms with E-state index in [9.17, 15) is 18.0 Å². The molecule has 0 spiro atoms. The van der Waals surface area contributed by atoms with E-state index >= 15 is 0 Å². The Bertz CT molecular complexity index is 508. The average Bonchev–Trinajstić information content (AvgIpc) is 2.37. The average molecular weight is 272 g/mol. The van der Waals surface area contributed by atoms with Crippen molar-refractivity contribution in [2.75, 3.05) is 18.9 Å². The van der Waals surface area contributed by atoms with Crippen LogP contribution in [0.25, 0.3) is 0 Å². The Balaban J connectivity index is 2.86. The fourth-order valence-electron chi connectivity index (χ4n) is 1.26. The van der Waals surface area contributed by atoms with Crippen LogP contribution in [-0.2, 0) is 11.0 Å². The van der Waals surface area contributed by atoms with Crippen LogP contribution in [0.5, 0.6) is 0 Å². The third-order valence-corrected chi connectivity index (χ3v) is 2.23. The van der Waals surface area contributed by atoms with Crippen molar-refractivity contribution >= 4 is 11.7 Å². The first-order valence-corrected chi connectivity index (χ1v) is 5.31. The highest BCUT2D eigenvalue weighted by molar-refractivity contribution is 5.76. The molecular formula is C11H11F3N4O. The molecule has 8 heteroatoms. The van der Waals surface area contributed by atoms with E-state index in [1.54, 1.807) is 6.07 Å². The van der Waals surface area contributed by atoms with Crippen LogP contribution in [0.1, 0.15) is 17.7 Å². The number of halogens is 3. The van der Waals surface area contributed by atoms with E-state index in [-0.39, 0.29) is 30.3 Å². The summed E-state index contributed by atoms with van der Waals surface area (Å²) in [4.78, 5) is 14.3. The minimum Gasteiger partial charge on any atom is -0.368 e. The maximum absolute atomic E-state index is 12.5. The second kappa shape index (κ2) is 6.04. The molecule has 0 bridgehead atoms. The number of alkyl halides is 3. The lowest BCUT2D eigenvalue weighted by Gasteiger charge is -2.10. The fourth-order valence-corrected chi connectivity index (χ4v) is 1.26. The summed E-state index contributed by atoms with van der Waals surface area (Å²) in [5.41, 5.74) is -1.10. The molecule has 5 nitrogen and oxygen atoms in total. The molecule has 0 fully saturated rings. The first-order chi connectivity index (χ1) is 8.88. The maximum Gasteiger partial charge on any atom is 0.433 e. The van der Waals surface area contributed by atoms with E-state index in [4.69, 9.17) is 5.26 Å². The Hall–Kier alpha value is -2.30. The number of anilines is 1. The lowest BCUT2D eigenvalue weighted by atomic mass is 10.2. The van der Waals surface area contributed by atoms with Gasteiger partial charge in [-0.25, -0.2) is 4.98 Å². The summed E-state index contributed by atoms with van der Waals surface area (Å²) in [7, 11) is 1.45. The van der Waals surface area contributed by atoms with Gasteiger partial charge in [-0.3, -0.25) is 4.79 Å². The molecule has 1 rings (SSSR count). The molecule has 0 aliphatic carbocycles. The summed E-state index contributed by atoms with van der Waals surface area (Å²) in [6, 6.07) is 3.51. The number of hydrogen-bond donors (Lipinski definition) is 2. The molecule has 2 N–H and O–H groups in total. The van der Waals surface area contributed by atoms with Gasteiger partial charge in [-0.05, 0) is 12.1 Å². The smallest absolute Gasteiger partial charge is 0.368 e. The zero-order valence-corrected chi connectivity index (χ0v) is 10.0. The number of rotatable bonds is 4. The Labute approximate surface area is 107 Å². The lowest BCUT2D eigenvalue weighted by molar-refractivity contribution is -0.141. The standard InChI is InChI=1S/C11H11F3N4O/c1-16-9(19)4-5-17-10-7(6-15)2-3-8(18-10)11(12,13)14/h2-3H,4-5H2,1H3,(H,16,19)(H,17,18). The number of pyridine rings is 1. The number of nitriles is 1. The number of carbonyl (C=O) groups is 1. The normalized spacial score (nSPS) is 10.7. The van der Waals surface area contributed by atoms with Crippen molar-refractivity contribution in [2.45, 2.75) is 12.6 Å². The number of hydrogen-bond acceptors (Lipinski definition) is 4. The van der Waals surface area contributed by atoms with Gasteiger partial charge in [0.1, 0.15) is 17.6 Å². The van der Waals surface area contributed by atoms with E-state index in [0.717, 1.165) is 12.1 Å². The molecule has 0 radical (unpaired) electrons. The Morgan fingerprint density at radius 2 is 2.16 bits per heavy atom. The molecule has 19 heavy (non-hydrogen) atoms. The minimum atomic E-state index is -4.58. The summed E-state index contributed by atoms with van der Waals surface area (Å²) in [5.74, 6) is -0.445. The summed E-state index contributed by atoms with van der Waals surface area (Å²) >= 11 is 0. The number of nitrogens with one attached hydrogen (secondary N) is 2. The van der Waals surface area contributed by atoms with Crippen LogP contribution in [0.2, 0.25) is 0 Å². The summed E-state index contributed by atoms with van der Waals surface area (Å²) in [5, 5.41) is 13.7. The van der Waals surface area contributed by atoms with Gasteiger partial charge < -0.3 is 10.6 Å². The highest BCUT2D eigenvalue weighted by Gasteiger charge is 2.33. The first-order valence-electron chi connectivity index (χ1n) is 5.31. The van der Waals surface area contributed by atoms with E-state index < -0.39 is 11.9 Å². The molecule has 0 saturated carbocycles. The largest absolute Gasteiger partial charge is 0.433 e. The third-order valence-electron chi connectivity index (χ3n) is 2.23. The Kier molecular flexibility index (Phi) is 4.69. The lowest BCUT2D eigenvalue weighted by Crippen LogP contribution is -2.21. The van der Waals surface area contributed by atoms with Gasteiger partial charge in [0.05, 0.1) is 5.56 Å². The van der Waals surface area contributed by atoms with Crippen molar-refractivity contribution in [3.05, 3.63) is 23.4 Å². The number of amides is 1. The predicted octanol–water partition coefficient (Wildman–Crippen LogP) is 1.52. The molecular weight excluding hydrogens is 261 g/mol. The van der Waals surface area contributed by atoms with E-state index in [1.165, 1.54) is 7.05 Å². The van der Waals surface area contributed by atoms with Gasteiger partial charge >= 0.3 is 6.18 Å². The summed E-state index contributed by atoms with van der Waals surface area (Å²) < 4.78 is 37.4. The fraction of sp³-hybridized carbons (Fsp3) is 0.364. The molecule has 1 heterocycles. The molecule has 1 aromatic heterocycles. The van der Waals surface area contributed by atoms with Gasteiger partial charge in [-0.2, -0.15) is 18.4 Å². The molecule has 0 aliphatic rings. The summed E-state index contributed by atoms with van der Waals surface area (Å²) in [6.45, 7) is 0.0860. The van der Waals surface area contributed by atoms with Crippen molar-refractivity contribution in [1.29, 1.82) is 5.26 Å². The second-order valence-corrected chi connectivity index (χ2v) is 3.55. The molecule has 1 aromatic rings. The van der Waals surface area contributed by atoms with Crippen molar-refractivity contribution in [1.82, 2.24) is 10.3 Å². The SMILES string of the molecule is CNC(=O)CCNc1nc(C(F)(F)F)ccc1C#N. The highest BCUT2D eigenvalue weighted by Crippen LogP contribution is 2.29. The minimum absolute atomic E-state index is 0.00935. The van der Waals surface area contributed by atoms with E-state index in [0.29, 0.717) is 0 Å². The zero-order chi connectivity index (χ0) is 14.5. The molecule has 102 valence electrons. The van der Waals surface area contributed by atoms with Crippen molar-refractivity contribution in [3.63, 3.8) is 0 Å². The van der Waals surface area contributed by atoms with Gasteiger partial charge in [-0.15, -0.1) is 0 Å². The zero-order valence-electron chi connectivity index (χ0n) is 10.0. The highest BCUT2D eigenvalue weighted by atomic mass is 19.4. The Morgan fingerprint density at radius 3 is 2.68 bits per heavy atom. The van der Waals surface area contributed by atoms with Crippen LogP contribution in [0, 0.1) is 11.3 Å². The van der Waals surface area contributed by atoms with Crippen LogP contribution < -0.4 is 10.6 Å². The molecule has 0 unspecified atom stereocenters. The number of aromatic nitrogens is 1.